The molecule has 2 aliphatic rings. The van der Waals surface area contributed by atoms with Crippen molar-refractivity contribution in [1.29, 1.82) is 0 Å². The van der Waals surface area contributed by atoms with Gasteiger partial charge in [0.25, 0.3) is 5.91 Å². The molecule has 0 radical (unpaired) electrons. The number of amides is 1. The molecule has 1 aromatic heterocycles. The number of benzene rings is 1. The summed E-state index contributed by atoms with van der Waals surface area (Å²) in [6.07, 6.45) is 2.93. The Hall–Kier alpha value is -1.92. The monoisotopic (exact) mass is 329 g/mol. The van der Waals surface area contributed by atoms with Crippen LogP contribution in [-0.4, -0.2) is 59.1 Å². The van der Waals surface area contributed by atoms with Crippen LogP contribution in [0.1, 0.15) is 29.8 Å². The van der Waals surface area contributed by atoms with Crippen LogP contribution in [0.3, 0.4) is 0 Å². The summed E-state index contributed by atoms with van der Waals surface area (Å²) in [5, 5.41) is 5.38. The van der Waals surface area contributed by atoms with Gasteiger partial charge in [0.1, 0.15) is 0 Å². The molecule has 1 aromatic carbocycles. The summed E-state index contributed by atoms with van der Waals surface area (Å²) < 4.78 is 13.3. The Kier molecular flexibility index (Phi) is 3.81. The second-order valence-electron chi connectivity index (χ2n) is 6.88. The number of aromatic nitrogens is 2. The first-order chi connectivity index (χ1) is 11.6. The molecule has 0 N–H and O–H groups in total. The van der Waals surface area contributed by atoms with Crippen LogP contribution in [0.25, 0.3) is 10.9 Å². The predicted octanol–water partition coefficient (Wildman–Crippen LogP) is 1.98. The number of nitrogens with zero attached hydrogens (tertiary/aromatic N) is 3. The summed E-state index contributed by atoms with van der Waals surface area (Å²) in [7, 11) is 3.60. The molecule has 6 heteroatoms. The Morgan fingerprint density at radius 1 is 1.42 bits per heavy atom. The molecule has 2 fully saturated rings. The van der Waals surface area contributed by atoms with Crippen LogP contribution in [-0.2, 0) is 16.5 Å². The number of carbonyl (C=O) groups excluding carboxylic acids is 1. The summed E-state index contributed by atoms with van der Waals surface area (Å²) in [5.74, 6) is -0.00431. The lowest BCUT2D eigenvalue weighted by molar-refractivity contribution is -0.0459. The van der Waals surface area contributed by atoms with Crippen LogP contribution in [0.5, 0.6) is 0 Å². The number of rotatable bonds is 2. The number of likely N-dealkylation sites (tertiary alicyclic amines) is 1. The molecule has 6 nitrogen and oxygen atoms in total. The summed E-state index contributed by atoms with van der Waals surface area (Å²) in [4.78, 5) is 15.0. The van der Waals surface area contributed by atoms with E-state index in [1.54, 1.807) is 11.8 Å². The number of methoxy groups -OCH3 is 1. The van der Waals surface area contributed by atoms with Crippen molar-refractivity contribution in [3.05, 3.63) is 30.0 Å². The standard InChI is InChI=1S/C18H23N3O3/c1-20-15-7-4-3-6-14(15)16(19-20)17(22)21-9-5-8-18(12-21)10-13(23-2)11-24-18/h3-4,6-7,13H,5,8-12H2,1-2H3/t13-,18+/m0/s1. The van der Waals surface area contributed by atoms with Gasteiger partial charge in [-0.05, 0) is 18.9 Å². The van der Waals surface area contributed by atoms with Gasteiger partial charge in [-0.1, -0.05) is 18.2 Å². The van der Waals surface area contributed by atoms with Crippen LogP contribution in [0.2, 0.25) is 0 Å². The Morgan fingerprint density at radius 2 is 2.25 bits per heavy atom. The maximum Gasteiger partial charge on any atom is 0.275 e. The highest BCUT2D eigenvalue weighted by atomic mass is 16.6. The lowest BCUT2D eigenvalue weighted by Gasteiger charge is -2.39. The Labute approximate surface area is 141 Å². The minimum absolute atomic E-state index is 0.00431. The number of hydrogen-bond donors (Lipinski definition) is 0. The Morgan fingerprint density at radius 3 is 3.04 bits per heavy atom. The highest BCUT2D eigenvalue weighted by molar-refractivity contribution is 6.04. The van der Waals surface area contributed by atoms with Gasteiger partial charge >= 0.3 is 0 Å². The third-order valence-electron chi connectivity index (χ3n) is 5.30. The lowest BCUT2D eigenvalue weighted by atomic mass is 9.89. The fourth-order valence-electron chi connectivity index (χ4n) is 4.03. The first-order valence-electron chi connectivity index (χ1n) is 8.50. The molecule has 2 saturated heterocycles. The highest BCUT2D eigenvalue weighted by Gasteiger charge is 2.45. The van der Waals surface area contributed by atoms with Crippen LogP contribution in [0.4, 0.5) is 0 Å². The minimum atomic E-state index is -0.251. The predicted molar refractivity (Wildman–Crippen MR) is 89.9 cm³/mol. The molecule has 0 aliphatic carbocycles. The fraction of sp³-hybridized carbons (Fsp3) is 0.556. The number of aryl methyl sites for hydroxylation is 1. The van der Waals surface area contributed by atoms with Gasteiger partial charge in [-0.15, -0.1) is 0 Å². The van der Waals surface area contributed by atoms with E-state index in [0.717, 1.165) is 36.7 Å². The zero-order valence-electron chi connectivity index (χ0n) is 14.2. The van der Waals surface area contributed by atoms with Crippen molar-refractivity contribution >= 4 is 16.8 Å². The molecule has 3 heterocycles. The van der Waals surface area contributed by atoms with Crippen molar-refractivity contribution < 1.29 is 14.3 Å². The van der Waals surface area contributed by atoms with E-state index in [4.69, 9.17) is 9.47 Å². The number of hydrogen-bond acceptors (Lipinski definition) is 4. The van der Waals surface area contributed by atoms with Crippen LogP contribution in [0.15, 0.2) is 24.3 Å². The third-order valence-corrected chi connectivity index (χ3v) is 5.30. The molecule has 2 aromatic rings. The van der Waals surface area contributed by atoms with Crippen molar-refractivity contribution in [2.24, 2.45) is 7.05 Å². The minimum Gasteiger partial charge on any atom is -0.379 e. The number of para-hydroxylation sites is 1. The zero-order valence-corrected chi connectivity index (χ0v) is 14.2. The molecule has 0 saturated carbocycles. The zero-order chi connectivity index (χ0) is 16.7. The molecule has 2 aliphatic heterocycles. The number of carbonyl (C=O) groups is 1. The van der Waals surface area contributed by atoms with Gasteiger partial charge in [0.2, 0.25) is 0 Å². The quantitative estimate of drug-likeness (QED) is 0.845. The highest BCUT2D eigenvalue weighted by Crippen LogP contribution is 2.36. The maximum atomic E-state index is 13.1. The smallest absolute Gasteiger partial charge is 0.275 e. The molecular formula is C18H23N3O3. The van der Waals surface area contributed by atoms with E-state index in [-0.39, 0.29) is 17.6 Å². The van der Waals surface area contributed by atoms with Crippen molar-refractivity contribution in [3.8, 4) is 0 Å². The molecule has 0 bridgehead atoms. The van der Waals surface area contributed by atoms with Crippen molar-refractivity contribution in [3.63, 3.8) is 0 Å². The van der Waals surface area contributed by atoms with Crippen LogP contribution in [0, 0.1) is 0 Å². The van der Waals surface area contributed by atoms with Crippen LogP contribution >= 0.6 is 0 Å². The SMILES string of the molecule is CO[C@@H]1CO[C@]2(CCCN(C(=O)c3nn(C)c4ccccc34)C2)C1. The van der Waals surface area contributed by atoms with Crippen molar-refractivity contribution in [1.82, 2.24) is 14.7 Å². The number of piperidine rings is 1. The summed E-state index contributed by atoms with van der Waals surface area (Å²) >= 11 is 0. The van der Waals surface area contributed by atoms with E-state index in [0.29, 0.717) is 18.8 Å². The van der Waals surface area contributed by atoms with E-state index >= 15 is 0 Å². The van der Waals surface area contributed by atoms with E-state index in [1.165, 1.54) is 0 Å². The van der Waals surface area contributed by atoms with E-state index in [2.05, 4.69) is 5.10 Å². The van der Waals surface area contributed by atoms with Gasteiger partial charge in [-0.25, -0.2) is 0 Å². The molecule has 2 atom stereocenters. The number of fused-ring (bicyclic) bond motifs is 1. The average Bonchev–Trinajstić information content (AvgIpc) is 3.16. The molecule has 1 spiro atoms. The Balaban J connectivity index is 1.60. The molecule has 1 amide bonds. The first-order valence-corrected chi connectivity index (χ1v) is 8.50. The van der Waals surface area contributed by atoms with Gasteiger partial charge in [-0.2, -0.15) is 5.10 Å². The second kappa shape index (κ2) is 5.86. The largest absolute Gasteiger partial charge is 0.379 e. The lowest BCUT2D eigenvalue weighted by Crippen LogP contribution is -2.50. The van der Waals surface area contributed by atoms with Gasteiger partial charge < -0.3 is 14.4 Å². The van der Waals surface area contributed by atoms with Crippen LogP contribution < -0.4 is 0 Å². The Bertz CT molecular complexity index is 772. The van der Waals surface area contributed by atoms with Gasteiger partial charge in [-0.3, -0.25) is 9.48 Å². The molecule has 0 unspecified atom stereocenters. The summed E-state index contributed by atoms with van der Waals surface area (Å²) in [6, 6.07) is 7.86. The summed E-state index contributed by atoms with van der Waals surface area (Å²) in [6.45, 7) is 1.99. The van der Waals surface area contributed by atoms with Gasteiger partial charge in [0.05, 0.1) is 30.4 Å². The second-order valence-corrected chi connectivity index (χ2v) is 6.88. The third kappa shape index (κ3) is 2.50. The summed E-state index contributed by atoms with van der Waals surface area (Å²) in [5.41, 5.74) is 1.26. The fourth-order valence-corrected chi connectivity index (χ4v) is 4.03. The van der Waals surface area contributed by atoms with E-state index < -0.39 is 0 Å². The maximum absolute atomic E-state index is 13.1. The normalized spacial score (nSPS) is 27.2. The average molecular weight is 329 g/mol. The molecule has 128 valence electrons. The van der Waals surface area contributed by atoms with Gasteiger partial charge in [0, 0.05) is 32.5 Å². The van der Waals surface area contributed by atoms with E-state index in [1.807, 2.05) is 36.2 Å². The number of ether oxygens (including phenoxy) is 2. The van der Waals surface area contributed by atoms with Crippen molar-refractivity contribution in [2.75, 3.05) is 26.8 Å². The van der Waals surface area contributed by atoms with Crippen molar-refractivity contribution in [2.45, 2.75) is 31.0 Å². The topological polar surface area (TPSA) is 56.6 Å². The molecule has 4 rings (SSSR count). The first kappa shape index (κ1) is 15.6. The van der Waals surface area contributed by atoms with E-state index in [9.17, 15) is 4.79 Å². The van der Waals surface area contributed by atoms with Gasteiger partial charge in [0.15, 0.2) is 5.69 Å². The molecule has 24 heavy (non-hydrogen) atoms. The molecular weight excluding hydrogens is 306 g/mol.